The summed E-state index contributed by atoms with van der Waals surface area (Å²) in [6.07, 6.45) is -0.515. The Kier molecular flexibility index (Phi) is 8.72. The number of carboxylic acid groups (broad SMARTS) is 3. The number of carbonyl (C=O) groups excluding carboxylic acids is 1. The smallest absolute Gasteiger partial charge is 0.326 e. The largest absolute Gasteiger partial charge is 0.481 e. The van der Waals surface area contributed by atoms with Crippen LogP contribution in [0.15, 0.2) is 0 Å². The molecule has 0 bridgehead atoms. The van der Waals surface area contributed by atoms with Crippen LogP contribution < -0.4 is 10.6 Å². The molecule has 0 saturated carbocycles. The van der Waals surface area contributed by atoms with Crippen molar-refractivity contribution in [3.8, 4) is 0 Å². The van der Waals surface area contributed by atoms with Crippen molar-refractivity contribution in [1.82, 2.24) is 10.6 Å². The predicted molar refractivity (Wildman–Crippen MR) is 80.4 cm³/mol. The molecule has 0 radical (unpaired) electrons. The van der Waals surface area contributed by atoms with Crippen molar-refractivity contribution in [2.24, 2.45) is 0 Å². The van der Waals surface area contributed by atoms with Gasteiger partial charge in [0.25, 0.3) is 0 Å². The number of amides is 2. The molecule has 0 aromatic carbocycles. The van der Waals surface area contributed by atoms with Gasteiger partial charge in [-0.15, -0.1) is 0 Å². The van der Waals surface area contributed by atoms with E-state index in [-0.39, 0.29) is 25.7 Å². The molecule has 2 atom stereocenters. The van der Waals surface area contributed by atoms with Crippen LogP contribution in [0.5, 0.6) is 0 Å². The fourth-order valence-electron chi connectivity index (χ4n) is 1.87. The lowest BCUT2D eigenvalue weighted by Gasteiger charge is -2.19. The van der Waals surface area contributed by atoms with Crippen LogP contribution in [0.1, 0.15) is 46.0 Å². The lowest BCUT2D eigenvalue weighted by atomic mass is 10.0. The van der Waals surface area contributed by atoms with E-state index in [0.29, 0.717) is 0 Å². The maximum atomic E-state index is 13.4. The minimum atomic E-state index is -1.46. The number of urea groups is 1. The van der Waals surface area contributed by atoms with Gasteiger partial charge in [0.2, 0.25) is 0 Å². The first-order valence-electron chi connectivity index (χ1n) is 7.35. The third-order valence-electron chi connectivity index (χ3n) is 3.12. The van der Waals surface area contributed by atoms with E-state index in [1.165, 1.54) is 13.8 Å². The Morgan fingerprint density at radius 1 is 0.958 bits per heavy atom. The summed E-state index contributed by atoms with van der Waals surface area (Å²) in [7, 11) is 0. The van der Waals surface area contributed by atoms with Crippen molar-refractivity contribution in [3.05, 3.63) is 0 Å². The van der Waals surface area contributed by atoms with Crippen LogP contribution >= 0.6 is 0 Å². The summed E-state index contributed by atoms with van der Waals surface area (Å²) >= 11 is 0. The number of carbonyl (C=O) groups is 4. The molecule has 0 fully saturated rings. The standard InChI is InChI=1S/C14H23FN2O7/c1-14(2,15)7-3-4-8(11(20)21)16-13(24)17-9(12(22)23)5-6-10(18)19/h8-9H,3-7H2,1-2H3,(H,18,19)(H,20,21)(H,22,23)(H2,16,17,24)/t8-,9-/m0/s1. The molecule has 0 unspecified atom stereocenters. The van der Waals surface area contributed by atoms with Gasteiger partial charge in [-0.25, -0.2) is 18.8 Å². The van der Waals surface area contributed by atoms with Gasteiger partial charge in [-0.1, -0.05) is 0 Å². The minimum Gasteiger partial charge on any atom is -0.481 e. The Morgan fingerprint density at radius 3 is 1.79 bits per heavy atom. The van der Waals surface area contributed by atoms with Crippen LogP contribution in [0.2, 0.25) is 0 Å². The summed E-state index contributed by atoms with van der Waals surface area (Å²) in [5, 5.41) is 30.6. The Morgan fingerprint density at radius 2 is 1.42 bits per heavy atom. The van der Waals surface area contributed by atoms with Gasteiger partial charge in [0.05, 0.1) is 0 Å². The molecule has 0 rings (SSSR count). The fraction of sp³-hybridized carbons (Fsp3) is 0.714. The summed E-state index contributed by atoms with van der Waals surface area (Å²) in [4.78, 5) is 44.2. The monoisotopic (exact) mass is 350 g/mol. The first kappa shape index (κ1) is 21.6. The highest BCUT2D eigenvalue weighted by molar-refractivity contribution is 5.86. The van der Waals surface area contributed by atoms with Crippen LogP contribution in [-0.2, 0) is 14.4 Å². The normalized spacial score (nSPS) is 13.6. The lowest BCUT2D eigenvalue weighted by molar-refractivity contribution is -0.140. The average molecular weight is 350 g/mol. The van der Waals surface area contributed by atoms with E-state index in [1.54, 1.807) is 0 Å². The van der Waals surface area contributed by atoms with Crippen molar-refractivity contribution in [3.63, 3.8) is 0 Å². The molecule has 5 N–H and O–H groups in total. The number of carboxylic acids is 3. The molecule has 0 saturated heterocycles. The quantitative estimate of drug-likeness (QED) is 0.372. The topological polar surface area (TPSA) is 153 Å². The molecular weight excluding hydrogens is 327 g/mol. The van der Waals surface area contributed by atoms with Crippen molar-refractivity contribution in [1.29, 1.82) is 0 Å². The molecule has 0 aliphatic carbocycles. The van der Waals surface area contributed by atoms with Gasteiger partial charge in [-0.3, -0.25) is 4.79 Å². The van der Waals surface area contributed by atoms with E-state index in [4.69, 9.17) is 15.3 Å². The maximum absolute atomic E-state index is 13.4. The van der Waals surface area contributed by atoms with E-state index in [9.17, 15) is 23.6 Å². The zero-order chi connectivity index (χ0) is 18.9. The summed E-state index contributed by atoms with van der Waals surface area (Å²) in [5.74, 6) is -3.99. The SMILES string of the molecule is CC(C)(F)CCC[C@H](NC(=O)N[C@@H](CCC(=O)O)C(=O)O)C(=O)O. The molecule has 0 aliphatic rings. The van der Waals surface area contributed by atoms with Gasteiger partial charge in [-0.2, -0.15) is 0 Å². The van der Waals surface area contributed by atoms with Gasteiger partial charge in [-0.05, 0) is 39.5 Å². The predicted octanol–water partition coefficient (Wildman–Crippen LogP) is 0.975. The maximum Gasteiger partial charge on any atom is 0.326 e. The third kappa shape index (κ3) is 10.4. The summed E-state index contributed by atoms with van der Waals surface area (Å²) in [6.45, 7) is 2.70. The highest BCUT2D eigenvalue weighted by Gasteiger charge is 2.25. The van der Waals surface area contributed by atoms with Gasteiger partial charge in [0.1, 0.15) is 17.8 Å². The van der Waals surface area contributed by atoms with Crippen molar-refractivity contribution in [2.45, 2.75) is 63.7 Å². The zero-order valence-corrected chi connectivity index (χ0v) is 13.5. The highest BCUT2D eigenvalue weighted by Crippen LogP contribution is 2.18. The van der Waals surface area contributed by atoms with Crippen molar-refractivity contribution >= 4 is 23.9 Å². The van der Waals surface area contributed by atoms with E-state index < -0.39 is 48.1 Å². The summed E-state index contributed by atoms with van der Waals surface area (Å²) in [6, 6.07) is -3.80. The molecule has 0 heterocycles. The first-order valence-corrected chi connectivity index (χ1v) is 7.35. The number of hydrogen-bond acceptors (Lipinski definition) is 4. The highest BCUT2D eigenvalue weighted by atomic mass is 19.1. The minimum absolute atomic E-state index is 0.0248. The van der Waals surface area contributed by atoms with Crippen LogP contribution in [0.4, 0.5) is 9.18 Å². The molecular formula is C14H23FN2O7. The Balaban J connectivity index is 4.55. The van der Waals surface area contributed by atoms with Crippen LogP contribution in [0, 0.1) is 0 Å². The van der Waals surface area contributed by atoms with E-state index in [1.807, 2.05) is 5.32 Å². The number of halogens is 1. The number of nitrogens with one attached hydrogen (secondary N) is 2. The van der Waals surface area contributed by atoms with E-state index in [2.05, 4.69) is 5.32 Å². The molecule has 0 spiro atoms. The fourth-order valence-corrected chi connectivity index (χ4v) is 1.87. The van der Waals surface area contributed by atoms with Crippen LogP contribution in [-0.4, -0.2) is 57.0 Å². The first-order chi connectivity index (χ1) is 10.9. The van der Waals surface area contributed by atoms with Crippen LogP contribution in [0.3, 0.4) is 0 Å². The molecule has 0 aliphatic heterocycles. The lowest BCUT2D eigenvalue weighted by Crippen LogP contribution is -2.51. The van der Waals surface area contributed by atoms with Gasteiger partial charge in [0, 0.05) is 6.42 Å². The number of alkyl halides is 1. The molecule has 0 aromatic rings. The molecule has 24 heavy (non-hydrogen) atoms. The molecule has 0 aromatic heterocycles. The second kappa shape index (κ2) is 9.68. The molecule has 2 amide bonds. The van der Waals surface area contributed by atoms with E-state index >= 15 is 0 Å². The second-order valence-electron chi connectivity index (χ2n) is 5.94. The molecule has 9 nitrogen and oxygen atoms in total. The molecule has 10 heteroatoms. The number of rotatable bonds is 11. The van der Waals surface area contributed by atoms with Gasteiger partial charge >= 0.3 is 23.9 Å². The number of aliphatic carboxylic acids is 3. The Bertz CT molecular complexity index is 476. The van der Waals surface area contributed by atoms with Crippen molar-refractivity contribution < 1.29 is 38.9 Å². The van der Waals surface area contributed by atoms with Crippen molar-refractivity contribution in [2.75, 3.05) is 0 Å². The number of hydrogen-bond donors (Lipinski definition) is 5. The Labute approximate surface area is 138 Å². The van der Waals surface area contributed by atoms with Gasteiger partial charge in [0.15, 0.2) is 0 Å². The summed E-state index contributed by atoms with van der Waals surface area (Å²) in [5.41, 5.74) is -1.46. The third-order valence-corrected chi connectivity index (χ3v) is 3.12. The second-order valence-corrected chi connectivity index (χ2v) is 5.94. The molecule has 138 valence electrons. The van der Waals surface area contributed by atoms with Gasteiger partial charge < -0.3 is 26.0 Å². The van der Waals surface area contributed by atoms with Crippen LogP contribution in [0.25, 0.3) is 0 Å². The zero-order valence-electron chi connectivity index (χ0n) is 13.5. The Hall–Kier alpha value is -2.39. The average Bonchev–Trinajstić information content (AvgIpc) is 2.40. The summed E-state index contributed by atoms with van der Waals surface area (Å²) < 4.78 is 13.4. The van der Waals surface area contributed by atoms with E-state index in [0.717, 1.165) is 0 Å².